The lowest BCUT2D eigenvalue weighted by Crippen LogP contribution is -2.50. The smallest absolute Gasteiger partial charge is 0.346 e. The fraction of sp³-hybridized carbons (Fsp3) is 0.586. The molecule has 0 saturated heterocycles. The van der Waals surface area contributed by atoms with Crippen LogP contribution < -0.4 is 16.0 Å². The van der Waals surface area contributed by atoms with Crippen LogP contribution in [0.2, 0.25) is 0 Å². The van der Waals surface area contributed by atoms with Crippen molar-refractivity contribution >= 4 is 23.4 Å². The Kier molecular flexibility index (Phi) is 9.08. The molecule has 41 heavy (non-hydrogen) atoms. The molecule has 8 nitrogen and oxygen atoms in total. The number of nitrogens with one attached hydrogen (secondary N) is 3. The van der Waals surface area contributed by atoms with E-state index < -0.39 is 48.2 Å². The van der Waals surface area contributed by atoms with Crippen LogP contribution in [0.3, 0.4) is 0 Å². The maximum absolute atomic E-state index is 15.3. The highest BCUT2D eigenvalue weighted by molar-refractivity contribution is 6.01. The molecule has 3 N–H and O–H groups in total. The average Bonchev–Trinajstić information content (AvgIpc) is 3.86. The number of carbonyl (C=O) groups excluding carboxylic acids is 3. The highest BCUT2D eigenvalue weighted by Crippen LogP contribution is 2.51. The summed E-state index contributed by atoms with van der Waals surface area (Å²) in [5.74, 6) is -3.22. The number of anilines is 1. The van der Waals surface area contributed by atoms with Crippen molar-refractivity contribution in [3.05, 3.63) is 47.0 Å². The predicted octanol–water partition coefficient (Wildman–Crippen LogP) is 5.12. The first-order chi connectivity index (χ1) is 19.3. The standard InChI is InChI=1S/C29H37F4N5O3/c1-5-17-12-22(21(30)13-20(17)16(4)26(39)34-14-29(31,32)33)36-28(41)25(24(18-6-7-18)19-8-9-19)37-27(40)23-10-11-35-38(23)15(2)3/h10-13,15-16,18-19,24-25H,5-9,14H2,1-4H3,(H,34,39)(H,36,41)(H,37,40)/t16-,25+/m1/s1. The summed E-state index contributed by atoms with van der Waals surface area (Å²) in [6.07, 6.45) is 1.15. The van der Waals surface area contributed by atoms with Crippen LogP contribution in [0.1, 0.15) is 87.0 Å². The summed E-state index contributed by atoms with van der Waals surface area (Å²) >= 11 is 0. The van der Waals surface area contributed by atoms with E-state index in [1.807, 2.05) is 19.2 Å². The van der Waals surface area contributed by atoms with E-state index >= 15 is 4.39 Å². The van der Waals surface area contributed by atoms with Crippen LogP contribution in [0.25, 0.3) is 0 Å². The van der Waals surface area contributed by atoms with Gasteiger partial charge in [0.25, 0.3) is 5.91 Å². The van der Waals surface area contributed by atoms with Gasteiger partial charge in [0.1, 0.15) is 24.1 Å². The number of aryl methyl sites for hydroxylation is 1. The molecular weight excluding hydrogens is 542 g/mol. The molecule has 0 bridgehead atoms. The fourth-order valence-electron chi connectivity index (χ4n) is 5.48. The van der Waals surface area contributed by atoms with Gasteiger partial charge < -0.3 is 16.0 Å². The van der Waals surface area contributed by atoms with Gasteiger partial charge in [-0.15, -0.1) is 0 Å². The van der Waals surface area contributed by atoms with Crippen LogP contribution in [0.15, 0.2) is 24.4 Å². The van der Waals surface area contributed by atoms with Crippen molar-refractivity contribution in [2.45, 2.75) is 84.0 Å². The maximum atomic E-state index is 15.3. The first-order valence-electron chi connectivity index (χ1n) is 14.1. The van der Waals surface area contributed by atoms with Gasteiger partial charge in [0.15, 0.2) is 0 Å². The van der Waals surface area contributed by atoms with Crippen molar-refractivity contribution in [1.29, 1.82) is 0 Å². The number of aromatic nitrogens is 2. The Labute approximate surface area is 236 Å². The quantitative estimate of drug-likeness (QED) is 0.304. The van der Waals surface area contributed by atoms with Gasteiger partial charge in [0.05, 0.1) is 11.6 Å². The van der Waals surface area contributed by atoms with E-state index in [-0.39, 0.29) is 23.2 Å². The normalized spacial score (nSPS) is 16.9. The predicted molar refractivity (Wildman–Crippen MR) is 145 cm³/mol. The fourth-order valence-corrected chi connectivity index (χ4v) is 5.48. The molecule has 2 aromatic rings. The molecule has 3 amide bonds. The van der Waals surface area contributed by atoms with Crippen LogP contribution in [0.4, 0.5) is 23.2 Å². The van der Waals surface area contributed by atoms with E-state index in [2.05, 4.69) is 15.7 Å². The summed E-state index contributed by atoms with van der Waals surface area (Å²) in [6, 6.07) is 3.12. The molecule has 4 rings (SSSR count). The molecule has 2 fully saturated rings. The number of carbonyl (C=O) groups is 3. The second kappa shape index (κ2) is 12.2. The van der Waals surface area contributed by atoms with Crippen molar-refractivity contribution in [3.8, 4) is 0 Å². The number of hydrogen-bond donors (Lipinski definition) is 3. The highest BCUT2D eigenvalue weighted by atomic mass is 19.4. The van der Waals surface area contributed by atoms with Crippen molar-refractivity contribution in [2.75, 3.05) is 11.9 Å². The molecule has 0 aliphatic heterocycles. The minimum absolute atomic E-state index is 0.0706. The van der Waals surface area contributed by atoms with Gasteiger partial charge in [-0.25, -0.2) is 4.39 Å². The Balaban J connectivity index is 1.57. The van der Waals surface area contributed by atoms with Gasteiger partial charge in [-0.2, -0.15) is 18.3 Å². The number of alkyl halides is 3. The second-order valence-electron chi connectivity index (χ2n) is 11.4. The summed E-state index contributed by atoms with van der Waals surface area (Å²) in [5, 5.41) is 11.6. The van der Waals surface area contributed by atoms with Crippen LogP contribution in [0, 0.1) is 23.6 Å². The Morgan fingerprint density at radius 2 is 1.68 bits per heavy atom. The number of nitrogens with zero attached hydrogens (tertiary/aromatic N) is 2. The third-order valence-corrected chi connectivity index (χ3v) is 7.87. The Morgan fingerprint density at radius 3 is 2.22 bits per heavy atom. The summed E-state index contributed by atoms with van der Waals surface area (Å²) in [4.78, 5) is 39.4. The Hall–Kier alpha value is -3.44. The van der Waals surface area contributed by atoms with Gasteiger partial charge in [-0.05, 0) is 100.0 Å². The van der Waals surface area contributed by atoms with E-state index in [0.717, 1.165) is 31.7 Å². The van der Waals surface area contributed by atoms with E-state index in [4.69, 9.17) is 0 Å². The van der Waals surface area contributed by atoms with Crippen molar-refractivity contribution in [1.82, 2.24) is 20.4 Å². The van der Waals surface area contributed by atoms with Crippen molar-refractivity contribution in [3.63, 3.8) is 0 Å². The number of hydrogen-bond acceptors (Lipinski definition) is 4. The van der Waals surface area contributed by atoms with E-state index in [9.17, 15) is 27.6 Å². The maximum Gasteiger partial charge on any atom is 0.405 e. The Bertz CT molecular complexity index is 1270. The zero-order chi connectivity index (χ0) is 30.1. The number of rotatable bonds is 12. The second-order valence-corrected chi connectivity index (χ2v) is 11.4. The SMILES string of the molecule is CCc1cc(NC(=O)[C@@H](NC(=O)c2ccnn2C(C)C)C(C2CC2)C2CC2)c(F)cc1[C@@H](C)C(=O)NCC(F)(F)F. The van der Waals surface area contributed by atoms with Crippen molar-refractivity contribution < 1.29 is 31.9 Å². The van der Waals surface area contributed by atoms with Gasteiger partial charge in [0.2, 0.25) is 11.8 Å². The van der Waals surface area contributed by atoms with Crippen LogP contribution in [-0.2, 0) is 16.0 Å². The molecule has 1 heterocycles. The zero-order valence-corrected chi connectivity index (χ0v) is 23.6. The van der Waals surface area contributed by atoms with Gasteiger partial charge >= 0.3 is 6.18 Å². The van der Waals surface area contributed by atoms with Gasteiger partial charge in [-0.3, -0.25) is 19.1 Å². The molecule has 2 atom stereocenters. The van der Waals surface area contributed by atoms with Gasteiger partial charge in [-0.1, -0.05) is 6.92 Å². The molecule has 0 spiro atoms. The summed E-state index contributed by atoms with van der Waals surface area (Å²) in [7, 11) is 0. The lowest BCUT2D eigenvalue weighted by Gasteiger charge is -2.28. The van der Waals surface area contributed by atoms with Gasteiger partial charge in [0, 0.05) is 12.2 Å². The molecule has 1 aromatic heterocycles. The largest absolute Gasteiger partial charge is 0.405 e. The van der Waals surface area contributed by atoms with E-state index in [1.165, 1.54) is 19.2 Å². The number of halogens is 4. The molecule has 0 radical (unpaired) electrons. The van der Waals surface area contributed by atoms with E-state index in [0.29, 0.717) is 29.5 Å². The monoisotopic (exact) mass is 579 g/mol. The molecule has 12 heteroatoms. The molecule has 2 saturated carbocycles. The molecule has 224 valence electrons. The van der Waals surface area contributed by atoms with Crippen LogP contribution in [0.5, 0.6) is 0 Å². The van der Waals surface area contributed by atoms with E-state index in [1.54, 1.807) is 17.7 Å². The third-order valence-electron chi connectivity index (χ3n) is 7.87. The molecule has 2 aliphatic rings. The average molecular weight is 580 g/mol. The minimum Gasteiger partial charge on any atom is -0.346 e. The summed E-state index contributed by atoms with van der Waals surface area (Å²) in [5.41, 5.74) is 0.960. The summed E-state index contributed by atoms with van der Waals surface area (Å²) < 4.78 is 54.6. The lowest BCUT2D eigenvalue weighted by molar-refractivity contribution is -0.139. The topological polar surface area (TPSA) is 105 Å². The summed E-state index contributed by atoms with van der Waals surface area (Å²) in [6.45, 7) is 5.47. The number of benzene rings is 1. The first kappa shape index (κ1) is 30.5. The first-order valence-corrected chi connectivity index (χ1v) is 14.1. The Morgan fingerprint density at radius 1 is 1.05 bits per heavy atom. The molecule has 1 aromatic carbocycles. The third kappa shape index (κ3) is 7.45. The minimum atomic E-state index is -4.57. The number of amides is 3. The van der Waals surface area contributed by atoms with Crippen LogP contribution >= 0.6 is 0 Å². The highest BCUT2D eigenvalue weighted by Gasteiger charge is 2.48. The molecular formula is C29H37F4N5O3. The molecule has 0 unspecified atom stereocenters. The van der Waals surface area contributed by atoms with Crippen molar-refractivity contribution in [2.24, 2.45) is 17.8 Å². The van der Waals surface area contributed by atoms with Crippen LogP contribution in [-0.4, -0.2) is 46.3 Å². The zero-order valence-electron chi connectivity index (χ0n) is 23.6. The molecule has 2 aliphatic carbocycles. The lowest BCUT2D eigenvalue weighted by atomic mass is 9.88.